The van der Waals surface area contributed by atoms with E-state index in [0.717, 1.165) is 21.8 Å². The fraction of sp³-hybridized carbons (Fsp3) is 0.412. The van der Waals surface area contributed by atoms with Gasteiger partial charge in [0.05, 0.1) is 11.1 Å². The maximum absolute atomic E-state index is 12.6. The maximum Gasteiger partial charge on any atom is 0.328 e. The van der Waals surface area contributed by atoms with Gasteiger partial charge in [-0.1, -0.05) is 30.8 Å². The van der Waals surface area contributed by atoms with Crippen molar-refractivity contribution in [3.8, 4) is 0 Å². The van der Waals surface area contributed by atoms with Gasteiger partial charge >= 0.3 is 11.2 Å². The molecule has 0 radical (unpaired) electrons. The van der Waals surface area contributed by atoms with Crippen LogP contribution in [-0.2, 0) is 9.53 Å². The van der Waals surface area contributed by atoms with E-state index in [1.54, 1.807) is 39.8 Å². The lowest BCUT2D eigenvalue weighted by Crippen LogP contribution is -2.51. The number of thioether (sulfide) groups is 1. The van der Waals surface area contributed by atoms with Crippen LogP contribution < -0.4 is 0 Å². The first-order chi connectivity index (χ1) is 11.7. The first-order valence-corrected chi connectivity index (χ1v) is 8.78. The largest absolute Gasteiger partial charge is 0.459 e. The van der Waals surface area contributed by atoms with Crippen molar-refractivity contribution in [1.29, 1.82) is 0 Å². The standard InChI is InChI=1S/C17H20N2O5S/c1-5-25-16(23)18(10-13(20)24-17(2,3)4)19-14(21)11-8-6-7-9-12(11)15(19)22/h6-9H,5,10H2,1-4H3. The molecule has 0 N–H and O–H groups in total. The van der Waals surface area contributed by atoms with E-state index in [2.05, 4.69) is 0 Å². The summed E-state index contributed by atoms with van der Waals surface area (Å²) in [7, 11) is 0. The molecular formula is C17H20N2O5S. The number of hydrogen-bond acceptors (Lipinski definition) is 6. The number of fused-ring (bicyclic) bond motifs is 1. The number of imide groups is 1. The topological polar surface area (TPSA) is 84.0 Å². The number of ether oxygens (including phenoxy) is 1. The van der Waals surface area contributed by atoms with Crippen LogP contribution in [0.3, 0.4) is 0 Å². The normalized spacial score (nSPS) is 13.7. The van der Waals surface area contributed by atoms with Crippen LogP contribution >= 0.6 is 11.8 Å². The summed E-state index contributed by atoms with van der Waals surface area (Å²) in [6.45, 7) is 6.32. The minimum Gasteiger partial charge on any atom is -0.459 e. The molecule has 0 fully saturated rings. The number of benzene rings is 1. The molecule has 0 bridgehead atoms. The summed E-state index contributed by atoms with van der Waals surface area (Å²) in [5.41, 5.74) is -0.335. The molecule has 1 aliphatic heterocycles. The lowest BCUT2D eigenvalue weighted by atomic mass is 10.1. The van der Waals surface area contributed by atoms with Crippen molar-refractivity contribution in [2.75, 3.05) is 12.3 Å². The first-order valence-electron chi connectivity index (χ1n) is 7.79. The second-order valence-corrected chi connectivity index (χ2v) is 7.53. The number of amides is 3. The van der Waals surface area contributed by atoms with Crippen molar-refractivity contribution in [3.05, 3.63) is 35.4 Å². The summed E-state index contributed by atoms with van der Waals surface area (Å²) in [6, 6.07) is 6.29. The molecule has 0 saturated carbocycles. The van der Waals surface area contributed by atoms with Gasteiger partial charge in [0.2, 0.25) is 0 Å². The fourth-order valence-corrected chi connectivity index (χ4v) is 2.85. The summed E-state index contributed by atoms with van der Waals surface area (Å²) in [5, 5.41) is 1.01. The van der Waals surface area contributed by atoms with Crippen molar-refractivity contribution < 1.29 is 23.9 Å². The molecule has 0 unspecified atom stereocenters. The number of hydrogen-bond donors (Lipinski definition) is 0. The third kappa shape index (κ3) is 4.19. The van der Waals surface area contributed by atoms with E-state index in [1.165, 1.54) is 12.1 Å². The molecule has 134 valence electrons. The van der Waals surface area contributed by atoms with Gasteiger partial charge < -0.3 is 4.74 Å². The molecule has 1 aliphatic rings. The van der Waals surface area contributed by atoms with E-state index in [0.29, 0.717) is 5.75 Å². The van der Waals surface area contributed by atoms with E-state index < -0.39 is 35.2 Å². The number of carbonyl (C=O) groups is 4. The Morgan fingerprint density at radius 1 is 1.12 bits per heavy atom. The van der Waals surface area contributed by atoms with E-state index in [9.17, 15) is 19.2 Å². The second-order valence-electron chi connectivity index (χ2n) is 6.31. The Hall–Kier alpha value is -2.35. The van der Waals surface area contributed by atoms with E-state index >= 15 is 0 Å². The van der Waals surface area contributed by atoms with Crippen LogP contribution in [0, 0.1) is 0 Å². The highest BCUT2D eigenvalue weighted by molar-refractivity contribution is 8.13. The van der Waals surface area contributed by atoms with Crippen LogP contribution in [0.5, 0.6) is 0 Å². The average Bonchev–Trinajstić information content (AvgIpc) is 2.76. The summed E-state index contributed by atoms with van der Waals surface area (Å²) < 4.78 is 5.21. The van der Waals surface area contributed by atoms with Crippen molar-refractivity contribution in [2.45, 2.75) is 33.3 Å². The number of esters is 1. The zero-order chi connectivity index (χ0) is 18.8. The Balaban J connectivity index is 2.31. The first kappa shape index (κ1) is 19.0. The average molecular weight is 364 g/mol. The van der Waals surface area contributed by atoms with Gasteiger partial charge in [0.15, 0.2) is 0 Å². The molecule has 3 amide bonds. The quantitative estimate of drug-likeness (QED) is 0.603. The highest BCUT2D eigenvalue weighted by atomic mass is 32.2. The van der Waals surface area contributed by atoms with E-state index in [-0.39, 0.29) is 11.1 Å². The molecule has 0 aliphatic carbocycles. The van der Waals surface area contributed by atoms with Crippen molar-refractivity contribution in [2.24, 2.45) is 0 Å². The summed E-state index contributed by atoms with van der Waals surface area (Å²) >= 11 is 0.902. The molecule has 0 aromatic heterocycles. The molecule has 25 heavy (non-hydrogen) atoms. The van der Waals surface area contributed by atoms with Crippen molar-refractivity contribution in [1.82, 2.24) is 10.0 Å². The highest BCUT2D eigenvalue weighted by Crippen LogP contribution is 2.26. The SMILES string of the molecule is CCSC(=O)N(CC(=O)OC(C)(C)C)N1C(=O)c2ccccc2C1=O. The van der Waals surface area contributed by atoms with Gasteiger partial charge in [0.25, 0.3) is 11.8 Å². The summed E-state index contributed by atoms with van der Waals surface area (Å²) in [6.07, 6.45) is 0. The van der Waals surface area contributed by atoms with Crippen LogP contribution in [-0.4, -0.2) is 50.9 Å². The number of rotatable bonds is 4. The van der Waals surface area contributed by atoms with Gasteiger partial charge in [-0.2, -0.15) is 5.01 Å². The summed E-state index contributed by atoms with van der Waals surface area (Å²) in [5.74, 6) is -1.52. The molecule has 7 nitrogen and oxygen atoms in total. The molecule has 1 aromatic rings. The lowest BCUT2D eigenvalue weighted by Gasteiger charge is -2.29. The molecule has 1 aromatic carbocycles. The highest BCUT2D eigenvalue weighted by Gasteiger charge is 2.42. The summed E-state index contributed by atoms with van der Waals surface area (Å²) in [4.78, 5) is 49.7. The van der Waals surface area contributed by atoms with E-state index in [1.807, 2.05) is 0 Å². The van der Waals surface area contributed by atoms with Gasteiger partial charge in [0.1, 0.15) is 12.1 Å². The smallest absolute Gasteiger partial charge is 0.328 e. The third-order valence-electron chi connectivity index (χ3n) is 3.19. The predicted molar refractivity (Wildman–Crippen MR) is 93.0 cm³/mol. The van der Waals surface area contributed by atoms with Gasteiger partial charge in [-0.05, 0) is 38.7 Å². The molecule has 2 rings (SSSR count). The number of carbonyl (C=O) groups excluding carboxylic acids is 4. The Morgan fingerprint density at radius 2 is 1.64 bits per heavy atom. The van der Waals surface area contributed by atoms with Crippen LogP contribution in [0.2, 0.25) is 0 Å². The van der Waals surface area contributed by atoms with Crippen LogP contribution in [0.1, 0.15) is 48.4 Å². The fourth-order valence-electron chi connectivity index (χ4n) is 2.31. The van der Waals surface area contributed by atoms with E-state index in [4.69, 9.17) is 4.74 Å². The van der Waals surface area contributed by atoms with Crippen molar-refractivity contribution >= 4 is 34.8 Å². The Morgan fingerprint density at radius 3 is 2.08 bits per heavy atom. The third-order valence-corrected chi connectivity index (χ3v) is 3.94. The second kappa shape index (κ2) is 7.26. The maximum atomic E-state index is 12.6. The van der Waals surface area contributed by atoms with Gasteiger partial charge in [-0.3, -0.25) is 19.2 Å². The zero-order valence-corrected chi connectivity index (χ0v) is 15.4. The molecular weight excluding hydrogens is 344 g/mol. The van der Waals surface area contributed by atoms with Gasteiger partial charge in [0, 0.05) is 0 Å². The number of nitrogens with zero attached hydrogens (tertiary/aromatic N) is 2. The lowest BCUT2D eigenvalue weighted by molar-refractivity contribution is -0.157. The molecule has 0 spiro atoms. The number of hydrazine groups is 1. The van der Waals surface area contributed by atoms with Gasteiger partial charge in [-0.15, -0.1) is 0 Å². The van der Waals surface area contributed by atoms with Crippen LogP contribution in [0.25, 0.3) is 0 Å². The predicted octanol–water partition coefficient (Wildman–Crippen LogP) is 2.71. The van der Waals surface area contributed by atoms with Crippen LogP contribution in [0.15, 0.2) is 24.3 Å². The van der Waals surface area contributed by atoms with Gasteiger partial charge in [-0.25, -0.2) is 5.01 Å². The minimum atomic E-state index is -0.744. The zero-order valence-electron chi connectivity index (χ0n) is 14.6. The molecule has 1 heterocycles. The molecule has 0 saturated heterocycles. The van der Waals surface area contributed by atoms with Crippen LogP contribution in [0.4, 0.5) is 4.79 Å². The minimum absolute atomic E-state index is 0.205. The van der Waals surface area contributed by atoms with Crippen molar-refractivity contribution in [3.63, 3.8) is 0 Å². The molecule has 8 heteroatoms. The Bertz CT molecular complexity index is 691. The monoisotopic (exact) mass is 364 g/mol. The molecule has 0 atom stereocenters. The Kier molecular flexibility index (Phi) is 5.52. The Labute approximate surface area is 150 Å².